The Morgan fingerprint density at radius 1 is 0.619 bits per heavy atom. The second kappa shape index (κ2) is 5.09. The van der Waals surface area contributed by atoms with E-state index in [1.807, 2.05) is 36.4 Å². The molecule has 0 radical (unpaired) electrons. The van der Waals surface area contributed by atoms with Crippen molar-refractivity contribution in [3.63, 3.8) is 0 Å². The van der Waals surface area contributed by atoms with Gasteiger partial charge in [-0.2, -0.15) is 0 Å². The number of anilines is 2. The van der Waals surface area contributed by atoms with E-state index < -0.39 is 0 Å². The Bertz CT molecular complexity index is 614. The fourth-order valence-corrected chi connectivity index (χ4v) is 2.49. The third kappa shape index (κ3) is 2.20. The van der Waals surface area contributed by atoms with E-state index in [-0.39, 0.29) is 0 Å². The number of rotatable bonds is 2. The minimum atomic E-state index is 0.554. The first kappa shape index (κ1) is 12.2. The van der Waals surface area contributed by atoms with Crippen LogP contribution in [0, 0.1) is 0 Å². The normalized spacial score (nSPS) is 15.4. The Morgan fingerprint density at radius 2 is 1.10 bits per heavy atom. The van der Waals surface area contributed by atoms with Gasteiger partial charge in [-0.15, -0.1) is 0 Å². The number of hydrogen-bond donors (Lipinski definition) is 1. The van der Waals surface area contributed by atoms with Crippen LogP contribution in [0.3, 0.4) is 0 Å². The van der Waals surface area contributed by atoms with E-state index in [1.54, 1.807) is 0 Å². The van der Waals surface area contributed by atoms with Crippen LogP contribution in [0.15, 0.2) is 36.4 Å². The number of ether oxygens (including phenoxy) is 4. The molecular weight excluding hydrogens is 270 g/mol. The van der Waals surface area contributed by atoms with Gasteiger partial charge in [0.15, 0.2) is 23.0 Å². The third-order valence-electron chi connectivity index (χ3n) is 3.40. The summed E-state index contributed by atoms with van der Waals surface area (Å²) < 4.78 is 22.6. The smallest absolute Gasteiger partial charge is 0.184 e. The molecule has 2 aliphatic rings. The molecule has 0 spiro atoms. The molecule has 2 aromatic rings. The zero-order valence-electron chi connectivity index (χ0n) is 11.4. The molecule has 0 atom stereocenters. The van der Waals surface area contributed by atoms with E-state index in [0.29, 0.717) is 26.4 Å². The van der Waals surface area contributed by atoms with Gasteiger partial charge < -0.3 is 24.3 Å². The van der Waals surface area contributed by atoms with Crippen LogP contribution >= 0.6 is 0 Å². The van der Waals surface area contributed by atoms with Crippen molar-refractivity contribution in [2.24, 2.45) is 0 Å². The molecule has 0 unspecified atom stereocenters. The summed E-state index contributed by atoms with van der Waals surface area (Å²) in [5, 5.41) is 3.35. The largest absolute Gasteiger partial charge is 0.486 e. The van der Waals surface area contributed by atoms with Crippen LogP contribution < -0.4 is 24.3 Å². The van der Waals surface area contributed by atoms with Crippen molar-refractivity contribution >= 4 is 11.4 Å². The highest BCUT2D eigenvalue weighted by Crippen LogP contribution is 2.43. The maximum Gasteiger partial charge on any atom is 0.184 e. The number of nitrogens with one attached hydrogen (secondary N) is 1. The second-order valence-electron chi connectivity index (χ2n) is 4.78. The lowest BCUT2D eigenvalue weighted by Crippen LogP contribution is -2.17. The van der Waals surface area contributed by atoms with Crippen LogP contribution in [0.2, 0.25) is 0 Å². The zero-order chi connectivity index (χ0) is 14.1. The molecule has 108 valence electrons. The highest BCUT2D eigenvalue weighted by atomic mass is 16.6. The first-order chi connectivity index (χ1) is 10.4. The minimum absolute atomic E-state index is 0.554. The lowest BCUT2D eigenvalue weighted by molar-refractivity contribution is 0.171. The molecule has 5 heteroatoms. The van der Waals surface area contributed by atoms with Crippen LogP contribution in [0.4, 0.5) is 11.4 Å². The van der Waals surface area contributed by atoms with Gasteiger partial charge in [-0.05, 0) is 24.3 Å². The summed E-state index contributed by atoms with van der Waals surface area (Å²) in [6.07, 6.45) is 0. The molecule has 21 heavy (non-hydrogen) atoms. The topological polar surface area (TPSA) is 49.0 Å². The Kier molecular flexibility index (Phi) is 2.96. The lowest BCUT2D eigenvalue weighted by atomic mass is 10.2. The van der Waals surface area contributed by atoms with E-state index in [1.165, 1.54) is 0 Å². The lowest BCUT2D eigenvalue weighted by Gasteiger charge is -2.24. The molecule has 5 nitrogen and oxygen atoms in total. The molecule has 0 saturated heterocycles. The highest BCUT2D eigenvalue weighted by molar-refractivity contribution is 5.75. The van der Waals surface area contributed by atoms with Gasteiger partial charge in [0, 0.05) is 0 Å². The van der Waals surface area contributed by atoms with E-state index in [0.717, 1.165) is 34.4 Å². The Morgan fingerprint density at radius 3 is 1.62 bits per heavy atom. The molecule has 0 aliphatic carbocycles. The Hall–Kier alpha value is -2.56. The van der Waals surface area contributed by atoms with E-state index in [4.69, 9.17) is 18.9 Å². The summed E-state index contributed by atoms with van der Waals surface area (Å²) in [6.45, 7) is 2.26. The van der Waals surface area contributed by atoms with Crippen LogP contribution in [-0.2, 0) is 0 Å². The quantitative estimate of drug-likeness (QED) is 0.919. The standard InChI is InChI=1S/C16H15NO4/c1-3-11(15-13(5-1)18-7-9-20-15)17-12-4-2-6-14-16(12)21-10-8-19-14/h1-6,17H,7-10H2. The molecule has 0 bridgehead atoms. The average Bonchev–Trinajstić information content (AvgIpc) is 2.56. The van der Waals surface area contributed by atoms with Gasteiger partial charge in [-0.25, -0.2) is 0 Å². The summed E-state index contributed by atoms with van der Waals surface area (Å²) in [5.41, 5.74) is 1.71. The molecule has 0 fully saturated rings. The number of para-hydroxylation sites is 2. The molecule has 2 aliphatic heterocycles. The van der Waals surface area contributed by atoms with Crippen molar-refractivity contribution in [3.05, 3.63) is 36.4 Å². The minimum Gasteiger partial charge on any atom is -0.486 e. The molecule has 0 aromatic heterocycles. The van der Waals surface area contributed by atoms with Gasteiger partial charge >= 0.3 is 0 Å². The maximum atomic E-state index is 5.71. The molecule has 4 rings (SSSR count). The highest BCUT2D eigenvalue weighted by Gasteiger charge is 2.19. The molecule has 2 aromatic carbocycles. The van der Waals surface area contributed by atoms with E-state index in [9.17, 15) is 0 Å². The summed E-state index contributed by atoms with van der Waals surface area (Å²) in [7, 11) is 0. The third-order valence-corrected chi connectivity index (χ3v) is 3.40. The van der Waals surface area contributed by atoms with Gasteiger partial charge in [0.05, 0.1) is 11.4 Å². The van der Waals surface area contributed by atoms with Gasteiger partial charge in [0.2, 0.25) is 0 Å². The van der Waals surface area contributed by atoms with Crippen molar-refractivity contribution in [1.29, 1.82) is 0 Å². The van der Waals surface area contributed by atoms with Gasteiger partial charge in [0.1, 0.15) is 26.4 Å². The Labute approximate surface area is 122 Å². The number of fused-ring (bicyclic) bond motifs is 2. The van der Waals surface area contributed by atoms with Crippen LogP contribution in [-0.4, -0.2) is 26.4 Å². The van der Waals surface area contributed by atoms with Crippen LogP contribution in [0.5, 0.6) is 23.0 Å². The predicted molar refractivity (Wildman–Crippen MR) is 78.1 cm³/mol. The molecular formula is C16H15NO4. The van der Waals surface area contributed by atoms with Crippen molar-refractivity contribution in [1.82, 2.24) is 0 Å². The zero-order valence-corrected chi connectivity index (χ0v) is 11.4. The van der Waals surface area contributed by atoms with E-state index in [2.05, 4.69) is 5.32 Å². The summed E-state index contributed by atoms with van der Waals surface area (Å²) in [5.74, 6) is 2.98. The predicted octanol–water partition coefficient (Wildman–Crippen LogP) is 2.97. The monoisotopic (exact) mass is 285 g/mol. The van der Waals surface area contributed by atoms with Crippen molar-refractivity contribution in [3.8, 4) is 23.0 Å². The van der Waals surface area contributed by atoms with Crippen molar-refractivity contribution in [2.45, 2.75) is 0 Å². The maximum absolute atomic E-state index is 5.71. The summed E-state index contributed by atoms with van der Waals surface area (Å²) >= 11 is 0. The second-order valence-corrected chi connectivity index (χ2v) is 4.78. The molecule has 2 heterocycles. The van der Waals surface area contributed by atoms with Gasteiger partial charge in [-0.3, -0.25) is 0 Å². The fraction of sp³-hybridized carbons (Fsp3) is 0.250. The SMILES string of the molecule is c1cc(Nc2cccc3c2OCCO3)c2c(c1)OCCO2. The number of benzene rings is 2. The van der Waals surface area contributed by atoms with Crippen LogP contribution in [0.25, 0.3) is 0 Å². The van der Waals surface area contributed by atoms with Crippen molar-refractivity contribution in [2.75, 3.05) is 31.7 Å². The summed E-state index contributed by atoms with van der Waals surface area (Å²) in [4.78, 5) is 0. The molecule has 1 N–H and O–H groups in total. The average molecular weight is 285 g/mol. The van der Waals surface area contributed by atoms with Gasteiger partial charge in [-0.1, -0.05) is 12.1 Å². The first-order valence-electron chi connectivity index (χ1n) is 6.96. The molecule has 0 amide bonds. The first-order valence-corrected chi connectivity index (χ1v) is 6.96. The Balaban J connectivity index is 1.71. The van der Waals surface area contributed by atoms with Crippen LogP contribution in [0.1, 0.15) is 0 Å². The molecule has 0 saturated carbocycles. The summed E-state index contributed by atoms with van der Waals surface area (Å²) in [6, 6.07) is 11.6. The van der Waals surface area contributed by atoms with E-state index >= 15 is 0 Å². The van der Waals surface area contributed by atoms with Crippen molar-refractivity contribution < 1.29 is 18.9 Å². The fourth-order valence-electron chi connectivity index (χ4n) is 2.49. The number of hydrogen-bond acceptors (Lipinski definition) is 5. The van der Waals surface area contributed by atoms with Gasteiger partial charge in [0.25, 0.3) is 0 Å².